The third-order valence-corrected chi connectivity index (χ3v) is 6.08. The Hall–Kier alpha value is -3.08. The highest BCUT2D eigenvalue weighted by atomic mass is 16.5. The van der Waals surface area contributed by atoms with Crippen molar-refractivity contribution in [2.45, 2.75) is 19.4 Å². The minimum absolute atomic E-state index is 0.0260. The maximum atomic E-state index is 13.2. The van der Waals surface area contributed by atoms with Crippen LogP contribution in [-0.4, -0.2) is 25.8 Å². The van der Waals surface area contributed by atoms with Crippen LogP contribution in [0.25, 0.3) is 0 Å². The Kier molecular flexibility index (Phi) is 5.14. The summed E-state index contributed by atoms with van der Waals surface area (Å²) in [6.07, 6.45) is 1.38. The number of benzene rings is 2. The lowest BCUT2D eigenvalue weighted by atomic mass is 9.51. The van der Waals surface area contributed by atoms with Crippen LogP contribution in [0.15, 0.2) is 60.4 Å². The van der Waals surface area contributed by atoms with Gasteiger partial charge in [0.15, 0.2) is 23.0 Å². The number of carbonyl (C=O) groups is 2. The third-order valence-electron chi connectivity index (χ3n) is 6.08. The fourth-order valence-corrected chi connectivity index (χ4v) is 4.60. The number of rotatable bonds is 6. The van der Waals surface area contributed by atoms with Gasteiger partial charge in [0.05, 0.1) is 14.2 Å². The Morgan fingerprint density at radius 1 is 0.862 bits per heavy atom. The highest BCUT2D eigenvalue weighted by Crippen LogP contribution is 2.56. The lowest BCUT2D eigenvalue weighted by molar-refractivity contribution is -0.145. The fourth-order valence-electron chi connectivity index (χ4n) is 4.60. The summed E-state index contributed by atoms with van der Waals surface area (Å²) in [4.78, 5) is 25.8. The van der Waals surface area contributed by atoms with E-state index in [-0.39, 0.29) is 41.7 Å². The van der Waals surface area contributed by atoms with Gasteiger partial charge in [-0.25, -0.2) is 0 Å². The molecule has 2 aliphatic rings. The van der Waals surface area contributed by atoms with E-state index in [1.807, 2.05) is 55.5 Å². The molecule has 0 saturated heterocycles. The second kappa shape index (κ2) is 7.74. The Bertz CT molecular complexity index is 962. The zero-order valence-corrected chi connectivity index (χ0v) is 16.8. The largest absolute Gasteiger partial charge is 0.493 e. The summed E-state index contributed by atoms with van der Waals surface area (Å²) in [5.41, 5.74) is 1.93. The molecule has 0 aromatic heterocycles. The van der Waals surface area contributed by atoms with Gasteiger partial charge in [-0.3, -0.25) is 9.59 Å². The number of allylic oxidation sites excluding steroid dienone is 2. The minimum Gasteiger partial charge on any atom is -0.493 e. The molecule has 1 fully saturated rings. The van der Waals surface area contributed by atoms with Crippen molar-refractivity contribution < 1.29 is 23.8 Å². The van der Waals surface area contributed by atoms with Gasteiger partial charge in [0.25, 0.3) is 0 Å². The van der Waals surface area contributed by atoms with E-state index in [0.29, 0.717) is 11.5 Å². The van der Waals surface area contributed by atoms with Crippen LogP contribution in [0.2, 0.25) is 0 Å². The Morgan fingerprint density at radius 3 is 2.28 bits per heavy atom. The van der Waals surface area contributed by atoms with Gasteiger partial charge in [-0.15, -0.1) is 0 Å². The Morgan fingerprint density at radius 2 is 1.59 bits per heavy atom. The zero-order chi connectivity index (χ0) is 20.5. The molecule has 2 aromatic rings. The third kappa shape index (κ3) is 3.31. The van der Waals surface area contributed by atoms with E-state index in [0.717, 1.165) is 11.1 Å². The molecular formula is C24H24O5. The van der Waals surface area contributed by atoms with E-state index in [9.17, 15) is 9.59 Å². The van der Waals surface area contributed by atoms with Crippen LogP contribution >= 0.6 is 0 Å². The lowest BCUT2D eigenvalue weighted by Gasteiger charge is -2.50. The van der Waals surface area contributed by atoms with Gasteiger partial charge >= 0.3 is 0 Å². The van der Waals surface area contributed by atoms with Crippen LogP contribution < -0.4 is 9.47 Å². The van der Waals surface area contributed by atoms with Crippen molar-refractivity contribution in [2.75, 3.05) is 14.2 Å². The average molecular weight is 392 g/mol. The van der Waals surface area contributed by atoms with Gasteiger partial charge in [-0.2, -0.15) is 0 Å². The number of ketones is 2. The summed E-state index contributed by atoms with van der Waals surface area (Å²) >= 11 is 0. The van der Waals surface area contributed by atoms with Crippen molar-refractivity contribution in [1.29, 1.82) is 0 Å². The molecule has 0 heterocycles. The molecule has 0 spiro atoms. The maximum Gasteiger partial charge on any atom is 0.201 e. The predicted molar refractivity (Wildman–Crippen MR) is 108 cm³/mol. The molecule has 0 aliphatic heterocycles. The predicted octanol–water partition coefficient (Wildman–Crippen LogP) is 3.92. The van der Waals surface area contributed by atoms with E-state index < -0.39 is 5.92 Å². The van der Waals surface area contributed by atoms with Gasteiger partial charge in [0, 0.05) is 17.9 Å². The molecule has 29 heavy (non-hydrogen) atoms. The summed E-state index contributed by atoms with van der Waals surface area (Å²) in [6, 6.07) is 15.3. The molecule has 0 N–H and O–H groups in total. The van der Waals surface area contributed by atoms with Crippen LogP contribution in [0.1, 0.15) is 24.0 Å². The SMILES string of the molecule is COc1ccc([C@@H]2[C@@H](C)[C@H]3C(=O)C=C(OCc4ccccc4)C(=O)[C@H]32)cc1OC. The van der Waals surface area contributed by atoms with Crippen molar-refractivity contribution in [3.05, 3.63) is 71.5 Å². The molecular weight excluding hydrogens is 368 g/mol. The van der Waals surface area contributed by atoms with Gasteiger partial charge < -0.3 is 14.2 Å². The molecule has 0 amide bonds. The highest BCUT2D eigenvalue weighted by molar-refractivity contribution is 6.11. The molecule has 4 atom stereocenters. The minimum atomic E-state index is -0.397. The van der Waals surface area contributed by atoms with Gasteiger partial charge in [0.2, 0.25) is 5.78 Å². The molecule has 0 bridgehead atoms. The van der Waals surface area contributed by atoms with Crippen molar-refractivity contribution in [2.24, 2.45) is 17.8 Å². The van der Waals surface area contributed by atoms with E-state index >= 15 is 0 Å². The number of methoxy groups -OCH3 is 2. The van der Waals surface area contributed by atoms with Crippen molar-refractivity contribution in [1.82, 2.24) is 0 Å². The second-order valence-corrected chi connectivity index (χ2v) is 7.60. The van der Waals surface area contributed by atoms with Crippen molar-refractivity contribution in [3.63, 3.8) is 0 Å². The first kappa shape index (κ1) is 19.2. The average Bonchev–Trinajstić information content (AvgIpc) is 2.74. The van der Waals surface area contributed by atoms with E-state index in [4.69, 9.17) is 14.2 Å². The summed E-state index contributed by atoms with van der Waals surface area (Å²) in [5.74, 6) is 0.629. The summed E-state index contributed by atoms with van der Waals surface area (Å²) < 4.78 is 16.5. The molecule has 150 valence electrons. The molecule has 0 radical (unpaired) electrons. The topological polar surface area (TPSA) is 61.8 Å². The first-order valence-electron chi connectivity index (χ1n) is 9.73. The highest BCUT2D eigenvalue weighted by Gasteiger charge is 2.57. The summed E-state index contributed by atoms with van der Waals surface area (Å²) in [7, 11) is 3.17. The van der Waals surface area contributed by atoms with Crippen LogP contribution in [0.5, 0.6) is 11.5 Å². The molecule has 4 rings (SSSR count). The Labute approximate surface area is 170 Å². The first-order valence-corrected chi connectivity index (χ1v) is 9.73. The van der Waals surface area contributed by atoms with Crippen molar-refractivity contribution in [3.8, 4) is 11.5 Å². The monoisotopic (exact) mass is 392 g/mol. The normalized spacial score (nSPS) is 25.6. The number of hydrogen-bond acceptors (Lipinski definition) is 5. The summed E-state index contributed by atoms with van der Waals surface area (Å²) in [6.45, 7) is 2.29. The maximum absolute atomic E-state index is 13.2. The zero-order valence-electron chi connectivity index (χ0n) is 16.8. The molecule has 0 unspecified atom stereocenters. The summed E-state index contributed by atoms with van der Waals surface area (Å²) in [5, 5.41) is 0. The number of ether oxygens (including phenoxy) is 3. The van der Waals surface area contributed by atoms with E-state index in [2.05, 4.69) is 0 Å². The molecule has 1 saturated carbocycles. The van der Waals surface area contributed by atoms with Crippen molar-refractivity contribution >= 4 is 11.6 Å². The second-order valence-electron chi connectivity index (χ2n) is 7.60. The molecule has 2 aliphatic carbocycles. The number of Topliss-reactive ketones (excluding diaryl/α,β-unsaturated/α-hetero) is 1. The number of fused-ring (bicyclic) bond motifs is 1. The molecule has 5 heteroatoms. The van der Waals surface area contributed by atoms with E-state index in [1.165, 1.54) is 6.08 Å². The van der Waals surface area contributed by atoms with Gasteiger partial charge in [0.1, 0.15) is 6.61 Å². The smallest absolute Gasteiger partial charge is 0.201 e. The van der Waals surface area contributed by atoms with Crippen LogP contribution in [0, 0.1) is 17.8 Å². The molecule has 5 nitrogen and oxygen atoms in total. The lowest BCUT2D eigenvalue weighted by Crippen LogP contribution is -2.53. The molecule has 2 aromatic carbocycles. The first-order chi connectivity index (χ1) is 14.0. The number of hydrogen-bond donors (Lipinski definition) is 0. The van der Waals surface area contributed by atoms with Crippen LogP contribution in [0.3, 0.4) is 0 Å². The Balaban J connectivity index is 1.58. The van der Waals surface area contributed by atoms with Gasteiger partial charge in [-0.05, 0) is 35.1 Å². The van der Waals surface area contributed by atoms with Crippen LogP contribution in [0.4, 0.5) is 0 Å². The quantitative estimate of drug-likeness (QED) is 0.746. The fraction of sp³-hybridized carbons (Fsp3) is 0.333. The van der Waals surface area contributed by atoms with E-state index in [1.54, 1.807) is 14.2 Å². The van der Waals surface area contributed by atoms with Crippen LogP contribution in [-0.2, 0) is 20.9 Å². The number of carbonyl (C=O) groups excluding carboxylic acids is 2. The standard InChI is InChI=1S/C24H24O5/c1-14-21(16-9-10-18(27-2)19(11-16)28-3)23-22(14)17(25)12-20(24(23)26)29-13-15-7-5-4-6-8-15/h4-12,14,21-23H,13H2,1-3H3/t14-,21+,22+,23+/m1/s1. The van der Waals surface area contributed by atoms with Gasteiger partial charge in [-0.1, -0.05) is 43.3 Å².